The summed E-state index contributed by atoms with van der Waals surface area (Å²) in [6.45, 7) is 1.85. The third kappa shape index (κ3) is 5.57. The van der Waals surface area contributed by atoms with Crippen molar-refractivity contribution in [1.82, 2.24) is 20.8 Å². The van der Waals surface area contributed by atoms with E-state index >= 15 is 0 Å². The number of furan rings is 1. The maximum Gasteiger partial charge on any atom is 0.268 e. The fourth-order valence-corrected chi connectivity index (χ4v) is 3.09. The molecule has 2 aromatic carbocycles. The van der Waals surface area contributed by atoms with E-state index in [1.165, 1.54) is 12.3 Å². The maximum atomic E-state index is 12.9. The zero-order valence-corrected chi connectivity index (χ0v) is 18.6. The first-order valence-corrected chi connectivity index (χ1v) is 10.4. The average Bonchev–Trinajstić information content (AvgIpc) is 3.54. The minimum absolute atomic E-state index is 0.0105. The molecular formula is C25H22N4O5. The van der Waals surface area contributed by atoms with Gasteiger partial charge in [0.15, 0.2) is 0 Å². The van der Waals surface area contributed by atoms with Gasteiger partial charge >= 0.3 is 0 Å². The third-order valence-electron chi connectivity index (χ3n) is 4.82. The largest absolute Gasteiger partial charge is 0.497 e. The highest BCUT2D eigenvalue weighted by Crippen LogP contribution is 2.19. The number of amides is 2. The molecule has 2 amide bonds. The van der Waals surface area contributed by atoms with Crippen LogP contribution in [-0.2, 0) is 11.3 Å². The van der Waals surface area contributed by atoms with Gasteiger partial charge in [0.05, 0.1) is 19.9 Å². The van der Waals surface area contributed by atoms with E-state index in [1.807, 2.05) is 13.0 Å². The number of benzene rings is 2. The summed E-state index contributed by atoms with van der Waals surface area (Å²) in [6, 6.07) is 17.6. The molecule has 0 fully saturated rings. The van der Waals surface area contributed by atoms with E-state index in [9.17, 15) is 9.59 Å². The molecule has 0 aliphatic heterocycles. The van der Waals surface area contributed by atoms with Gasteiger partial charge in [-0.25, -0.2) is 0 Å². The lowest BCUT2D eigenvalue weighted by molar-refractivity contribution is -0.118. The van der Waals surface area contributed by atoms with Gasteiger partial charge in [-0.15, -0.1) is 0 Å². The molecule has 0 saturated heterocycles. The Morgan fingerprint density at radius 3 is 2.62 bits per heavy atom. The molecule has 9 heteroatoms. The molecular weight excluding hydrogens is 436 g/mol. The standard InChI is InChI=1S/C25H22N4O5/c1-16-5-3-6-18(13-16)24(30)27-21(14-20-7-4-12-33-20)25(31)26-15-22-28-23(29-34-22)17-8-10-19(32-2)11-9-17/h3-14H,15H2,1-2H3,(H,26,31)(H,27,30)/b21-14-. The normalized spacial score (nSPS) is 11.2. The molecule has 0 atom stereocenters. The fraction of sp³-hybridized carbons (Fsp3) is 0.120. The Labute approximate surface area is 195 Å². The van der Waals surface area contributed by atoms with Gasteiger partial charge in [0, 0.05) is 17.2 Å². The number of carbonyl (C=O) groups is 2. The van der Waals surface area contributed by atoms with Crippen molar-refractivity contribution in [3.05, 3.63) is 95.4 Å². The first-order chi connectivity index (χ1) is 16.5. The van der Waals surface area contributed by atoms with E-state index in [1.54, 1.807) is 61.7 Å². The minimum Gasteiger partial charge on any atom is -0.497 e. The SMILES string of the molecule is COc1ccc(-c2noc(CNC(=O)/C(=C/c3ccco3)NC(=O)c3cccc(C)c3)n2)cc1. The summed E-state index contributed by atoms with van der Waals surface area (Å²) in [5, 5.41) is 9.28. The number of nitrogens with zero attached hydrogens (tertiary/aromatic N) is 2. The summed E-state index contributed by atoms with van der Waals surface area (Å²) in [6.07, 6.45) is 2.92. The van der Waals surface area contributed by atoms with Crippen LogP contribution in [0.25, 0.3) is 17.5 Å². The summed E-state index contributed by atoms with van der Waals surface area (Å²) in [5.74, 6) is 0.753. The minimum atomic E-state index is -0.540. The van der Waals surface area contributed by atoms with Crippen molar-refractivity contribution in [3.63, 3.8) is 0 Å². The number of carbonyl (C=O) groups excluding carboxylic acids is 2. The van der Waals surface area contributed by atoms with Crippen LogP contribution in [0.3, 0.4) is 0 Å². The van der Waals surface area contributed by atoms with Gasteiger partial charge in [0.2, 0.25) is 11.7 Å². The van der Waals surface area contributed by atoms with Crippen LogP contribution in [0.1, 0.15) is 27.6 Å². The molecule has 0 aliphatic rings. The maximum absolute atomic E-state index is 12.9. The molecule has 0 unspecified atom stereocenters. The van der Waals surface area contributed by atoms with E-state index in [0.29, 0.717) is 22.9 Å². The van der Waals surface area contributed by atoms with Crippen LogP contribution in [0, 0.1) is 6.92 Å². The topological polar surface area (TPSA) is 119 Å². The number of rotatable bonds is 8. The number of hydrogen-bond donors (Lipinski definition) is 2. The van der Waals surface area contributed by atoms with Crippen molar-refractivity contribution in [2.75, 3.05) is 7.11 Å². The lowest BCUT2D eigenvalue weighted by atomic mass is 10.1. The second-order valence-electron chi connectivity index (χ2n) is 7.32. The van der Waals surface area contributed by atoms with Crippen LogP contribution < -0.4 is 15.4 Å². The number of nitrogens with one attached hydrogen (secondary N) is 2. The Balaban J connectivity index is 1.45. The predicted octanol–water partition coefficient (Wildman–Crippen LogP) is 3.73. The summed E-state index contributed by atoms with van der Waals surface area (Å²) >= 11 is 0. The molecule has 0 bridgehead atoms. The molecule has 4 rings (SSSR count). The lowest BCUT2D eigenvalue weighted by Gasteiger charge is -2.10. The summed E-state index contributed by atoms with van der Waals surface area (Å²) in [4.78, 5) is 29.9. The van der Waals surface area contributed by atoms with Crippen LogP contribution >= 0.6 is 0 Å². The molecule has 2 N–H and O–H groups in total. The van der Waals surface area contributed by atoms with Crippen molar-refractivity contribution in [2.24, 2.45) is 0 Å². The van der Waals surface area contributed by atoms with E-state index < -0.39 is 11.8 Å². The van der Waals surface area contributed by atoms with Gasteiger partial charge < -0.3 is 24.3 Å². The Kier molecular flexibility index (Phi) is 6.83. The van der Waals surface area contributed by atoms with Crippen molar-refractivity contribution < 1.29 is 23.3 Å². The zero-order chi connectivity index (χ0) is 23.9. The van der Waals surface area contributed by atoms with E-state index in [2.05, 4.69) is 20.8 Å². The molecule has 0 saturated carbocycles. The summed E-state index contributed by atoms with van der Waals surface area (Å²) in [5.41, 5.74) is 2.11. The average molecular weight is 458 g/mol. The van der Waals surface area contributed by atoms with Crippen LogP contribution in [0.5, 0.6) is 5.75 Å². The molecule has 4 aromatic rings. The molecule has 2 aromatic heterocycles. The van der Waals surface area contributed by atoms with Gasteiger partial charge in [-0.3, -0.25) is 9.59 Å². The fourth-order valence-electron chi connectivity index (χ4n) is 3.09. The molecule has 9 nitrogen and oxygen atoms in total. The Morgan fingerprint density at radius 1 is 1.09 bits per heavy atom. The second-order valence-corrected chi connectivity index (χ2v) is 7.32. The van der Waals surface area contributed by atoms with Gasteiger partial charge in [0.1, 0.15) is 17.2 Å². The van der Waals surface area contributed by atoms with Crippen molar-refractivity contribution in [2.45, 2.75) is 13.5 Å². The van der Waals surface area contributed by atoms with E-state index in [0.717, 1.165) is 11.1 Å². The zero-order valence-electron chi connectivity index (χ0n) is 18.6. The first-order valence-electron chi connectivity index (χ1n) is 10.4. The van der Waals surface area contributed by atoms with Gasteiger partial charge in [-0.2, -0.15) is 4.98 Å². The number of methoxy groups -OCH3 is 1. The van der Waals surface area contributed by atoms with Crippen LogP contribution in [0.2, 0.25) is 0 Å². The highest BCUT2D eigenvalue weighted by Gasteiger charge is 2.17. The number of aryl methyl sites for hydroxylation is 1. The highest BCUT2D eigenvalue weighted by atomic mass is 16.5. The van der Waals surface area contributed by atoms with Crippen molar-refractivity contribution in [1.29, 1.82) is 0 Å². The van der Waals surface area contributed by atoms with E-state index in [4.69, 9.17) is 13.7 Å². The Hall–Kier alpha value is -4.66. The highest BCUT2D eigenvalue weighted by molar-refractivity contribution is 6.05. The molecule has 0 spiro atoms. The summed E-state index contributed by atoms with van der Waals surface area (Å²) < 4.78 is 15.7. The Morgan fingerprint density at radius 2 is 1.91 bits per heavy atom. The van der Waals surface area contributed by atoms with Gasteiger partial charge in [-0.05, 0) is 55.5 Å². The summed E-state index contributed by atoms with van der Waals surface area (Å²) in [7, 11) is 1.59. The molecule has 172 valence electrons. The van der Waals surface area contributed by atoms with E-state index in [-0.39, 0.29) is 18.1 Å². The van der Waals surface area contributed by atoms with Crippen molar-refractivity contribution >= 4 is 17.9 Å². The number of ether oxygens (including phenoxy) is 1. The first kappa shape index (κ1) is 22.5. The van der Waals surface area contributed by atoms with Crippen molar-refractivity contribution in [3.8, 4) is 17.1 Å². The molecule has 0 aliphatic carbocycles. The Bertz CT molecular complexity index is 1310. The monoisotopic (exact) mass is 458 g/mol. The quantitative estimate of drug-likeness (QED) is 0.386. The van der Waals surface area contributed by atoms with Crippen LogP contribution in [0.15, 0.2) is 81.6 Å². The van der Waals surface area contributed by atoms with Gasteiger partial charge in [0.25, 0.3) is 11.8 Å². The number of aromatic nitrogens is 2. The van der Waals surface area contributed by atoms with Crippen LogP contribution in [-0.4, -0.2) is 29.1 Å². The van der Waals surface area contributed by atoms with Gasteiger partial charge in [-0.1, -0.05) is 22.9 Å². The smallest absolute Gasteiger partial charge is 0.268 e. The second kappa shape index (κ2) is 10.3. The van der Waals surface area contributed by atoms with Crippen LogP contribution in [0.4, 0.5) is 0 Å². The molecule has 2 heterocycles. The molecule has 0 radical (unpaired) electrons. The molecule has 34 heavy (non-hydrogen) atoms. The lowest BCUT2D eigenvalue weighted by Crippen LogP contribution is -2.34. The predicted molar refractivity (Wildman–Crippen MR) is 123 cm³/mol. The number of hydrogen-bond acceptors (Lipinski definition) is 7. The third-order valence-corrected chi connectivity index (χ3v) is 4.82.